The van der Waals surface area contributed by atoms with Crippen molar-refractivity contribution in [3.05, 3.63) is 71.8 Å². The van der Waals surface area contributed by atoms with Gasteiger partial charge in [-0.1, -0.05) is 129 Å². The number of carboxylic acids is 1. The monoisotopic (exact) mass is 1440 g/mol. The van der Waals surface area contributed by atoms with Crippen LogP contribution in [-0.4, -0.2) is 252 Å². The highest BCUT2D eigenvalue weighted by Crippen LogP contribution is 2.27. The van der Waals surface area contributed by atoms with E-state index < -0.39 is 174 Å². The molecule has 0 bridgehead atoms. The Morgan fingerprint density at radius 1 is 0.583 bits per heavy atom. The summed E-state index contributed by atoms with van der Waals surface area (Å²) in [5.74, 6) is -13.8. The molecule has 1 aliphatic rings. The van der Waals surface area contributed by atoms with Crippen molar-refractivity contribution in [3.8, 4) is 0 Å². The summed E-state index contributed by atoms with van der Waals surface area (Å²) in [4.78, 5) is 207. The standard InChI is InChI=1S/C71H112N16O16/c1-15-43(7)59(85(12)64(95)49(79-57(91)40-103-14)36-45-25-19-17-20-26-45)68(99)83(10)53(39-55(73)89)66(97)86(13)60(44(8)16-2)69(100)84(11)58(42(5)6)67(98)82(9)52(35-41(3)4)63(94)80-48(38-54(72)88)61(92)81-50(37-46-27-21-18-22-28-46)65(96)87-34-24-30-51(87)62(93)76-33-31-56(90)78-47(70(101)102)29-23-32-77-71(74)75/h17-22,25-28,41-44,47-53,58-60H,15-16,23-24,29-40H2,1-14H3,(H2,72,88)(H2,73,89)(H,76,93)(H,78,90)(H,79,91)(H,80,94)(H,81,92)(H,101,102)(H4,74,75,77)/t43-,44-,47-,48-,49+,50+,51-,52-,53-,58-,59-,60-/m0/s1. The number of likely N-dealkylation sites (N-methyl/N-ethyl adjacent to an activating group) is 5. The highest BCUT2D eigenvalue weighted by atomic mass is 16.5. The topological polar surface area (TPSA) is 464 Å². The zero-order valence-electron chi connectivity index (χ0n) is 62.2. The Balaban J connectivity index is 1.96. The maximum Gasteiger partial charge on any atom is 0.326 e. The minimum Gasteiger partial charge on any atom is -0.480 e. The van der Waals surface area contributed by atoms with Crippen LogP contribution in [0, 0.1) is 23.7 Å². The van der Waals surface area contributed by atoms with Crippen LogP contribution in [0.2, 0.25) is 0 Å². The van der Waals surface area contributed by atoms with E-state index in [9.17, 15) is 53.1 Å². The fraction of sp³-hybridized carbons (Fsp3) is 0.620. The molecule has 0 saturated carbocycles. The fourth-order valence-electron chi connectivity index (χ4n) is 12.6. The fourth-order valence-corrected chi connectivity index (χ4v) is 12.6. The normalized spacial score (nSPS) is 15.9. The molecule has 103 heavy (non-hydrogen) atoms. The molecule has 32 heteroatoms. The number of likely N-dealkylation sites (tertiary alicyclic amines) is 1. The number of carboxylic acid groups (broad SMARTS) is 1. The number of aliphatic imine (C=N–C) groups is 1. The van der Waals surface area contributed by atoms with Gasteiger partial charge in [0.25, 0.3) is 0 Å². The SMILES string of the molecule is CC[C@H](C)[C@@H](C(=O)N(C)[C@@H](CC(N)=O)C(=O)N(C)[C@H](C(=O)N(C)[C@H](C(=O)N(C)[C@@H](CC(C)C)C(=O)N[C@@H](CC(N)=O)C(=O)N[C@H](Cc1ccccc1)C(=O)N1CCC[C@H]1C(=O)NCCC(=O)N[C@@H](CCCN=C(N)N)C(=O)O)C(C)C)[C@@H](C)CC)N(C)C(=O)[C@@H](Cc1ccccc1)NC(=O)COC. The Bertz CT molecular complexity index is 3260. The number of nitrogens with two attached hydrogens (primary N) is 4. The molecule has 32 nitrogen and oxygen atoms in total. The van der Waals surface area contributed by atoms with Gasteiger partial charge in [-0.3, -0.25) is 67.3 Å². The molecule has 1 aliphatic heterocycles. The van der Waals surface area contributed by atoms with Crippen molar-refractivity contribution in [3.63, 3.8) is 0 Å². The summed E-state index contributed by atoms with van der Waals surface area (Å²) in [7, 11) is 8.07. The molecule has 1 fully saturated rings. The van der Waals surface area contributed by atoms with E-state index in [0.717, 1.165) is 14.7 Å². The van der Waals surface area contributed by atoms with Crippen molar-refractivity contribution >= 4 is 88.7 Å². The Morgan fingerprint density at radius 3 is 1.56 bits per heavy atom. The van der Waals surface area contributed by atoms with Gasteiger partial charge in [-0.15, -0.1) is 0 Å². The molecule has 0 unspecified atom stereocenters. The second-order valence-electron chi connectivity index (χ2n) is 27.3. The molecule has 14 N–H and O–H groups in total. The quantitative estimate of drug-likeness (QED) is 0.0225. The first-order chi connectivity index (χ1) is 48.4. The number of methoxy groups -OCH3 is 1. The first-order valence-corrected chi connectivity index (χ1v) is 35.0. The van der Waals surface area contributed by atoms with Gasteiger partial charge in [0.1, 0.15) is 67.0 Å². The lowest BCUT2D eigenvalue weighted by Crippen LogP contribution is -2.63. The number of aliphatic carboxylic acids is 1. The van der Waals surface area contributed by atoms with Crippen LogP contribution in [0.4, 0.5) is 0 Å². The number of rotatable bonds is 43. The van der Waals surface area contributed by atoms with Gasteiger partial charge in [-0.25, -0.2) is 4.79 Å². The average Bonchev–Trinajstić information content (AvgIpc) is 1.05. The van der Waals surface area contributed by atoms with Crippen LogP contribution in [0.5, 0.6) is 0 Å². The first kappa shape index (κ1) is 87.5. The zero-order valence-corrected chi connectivity index (χ0v) is 62.2. The maximum atomic E-state index is 15.3. The van der Waals surface area contributed by atoms with Crippen LogP contribution < -0.4 is 49.5 Å². The van der Waals surface area contributed by atoms with Crippen molar-refractivity contribution in [2.45, 2.75) is 193 Å². The van der Waals surface area contributed by atoms with E-state index in [1.165, 1.54) is 57.0 Å². The molecule has 0 aromatic heterocycles. The number of carbonyl (C=O) groups is 14. The molecule has 1 saturated heterocycles. The molecule has 1 heterocycles. The summed E-state index contributed by atoms with van der Waals surface area (Å²) in [6, 6.07) is 3.91. The average molecular weight is 1450 g/mol. The summed E-state index contributed by atoms with van der Waals surface area (Å²) in [6.45, 7) is 13.6. The van der Waals surface area contributed by atoms with Crippen molar-refractivity contribution < 1.29 is 77.0 Å². The Kier molecular flexibility index (Phi) is 36.2. The van der Waals surface area contributed by atoms with E-state index >= 15 is 19.2 Å². The molecule has 0 radical (unpaired) electrons. The Hall–Kier alpha value is -9.75. The predicted molar refractivity (Wildman–Crippen MR) is 383 cm³/mol. The molecule has 2 aromatic rings. The van der Waals surface area contributed by atoms with Gasteiger partial charge >= 0.3 is 5.97 Å². The van der Waals surface area contributed by atoms with Gasteiger partial charge in [0.15, 0.2) is 5.96 Å². The Labute approximate surface area is 604 Å². The lowest BCUT2D eigenvalue weighted by molar-refractivity contribution is -0.158. The number of primary amides is 2. The van der Waals surface area contributed by atoms with Gasteiger partial charge in [0, 0.05) is 81.2 Å². The van der Waals surface area contributed by atoms with Gasteiger partial charge in [-0.2, -0.15) is 0 Å². The molecule has 13 amide bonds. The number of amides is 13. The van der Waals surface area contributed by atoms with Crippen molar-refractivity contribution in [2.75, 3.05) is 68.6 Å². The molecule has 0 spiro atoms. The van der Waals surface area contributed by atoms with Gasteiger partial charge in [0.2, 0.25) is 76.8 Å². The second-order valence-corrected chi connectivity index (χ2v) is 27.3. The number of guanidine groups is 1. The van der Waals surface area contributed by atoms with Crippen LogP contribution in [0.15, 0.2) is 65.7 Å². The van der Waals surface area contributed by atoms with Crippen molar-refractivity contribution in [1.82, 2.24) is 56.0 Å². The van der Waals surface area contributed by atoms with E-state index in [0.29, 0.717) is 30.4 Å². The van der Waals surface area contributed by atoms with Crippen molar-refractivity contribution in [2.24, 2.45) is 51.6 Å². The molecule has 12 atom stereocenters. The number of nitrogens with one attached hydrogen (secondary N) is 5. The van der Waals surface area contributed by atoms with E-state index in [1.54, 1.807) is 116 Å². The third-order valence-electron chi connectivity index (χ3n) is 18.6. The van der Waals surface area contributed by atoms with E-state index in [4.69, 9.17) is 27.7 Å². The number of hydrogen-bond acceptors (Lipinski definition) is 16. The molecule has 3 rings (SSSR count). The summed E-state index contributed by atoms with van der Waals surface area (Å²) in [5.41, 5.74) is 23.5. The number of nitrogens with zero attached hydrogens (tertiary/aromatic N) is 7. The lowest BCUT2D eigenvalue weighted by atomic mass is 9.92. The van der Waals surface area contributed by atoms with E-state index in [2.05, 4.69) is 31.6 Å². The van der Waals surface area contributed by atoms with Crippen LogP contribution in [0.25, 0.3) is 0 Å². The highest BCUT2D eigenvalue weighted by molar-refractivity contribution is 6.00. The highest BCUT2D eigenvalue weighted by Gasteiger charge is 2.46. The van der Waals surface area contributed by atoms with Gasteiger partial charge < -0.3 is 88.8 Å². The number of ether oxygens (including phenoxy) is 1. The molecule has 572 valence electrons. The minimum absolute atomic E-state index is 0.0222. The number of benzene rings is 2. The second kappa shape index (κ2) is 42.6. The van der Waals surface area contributed by atoms with E-state index in [-0.39, 0.29) is 83.1 Å². The third kappa shape index (κ3) is 26.5. The van der Waals surface area contributed by atoms with E-state index in [1.807, 2.05) is 0 Å². The summed E-state index contributed by atoms with van der Waals surface area (Å²) < 4.78 is 5.02. The number of carbonyl (C=O) groups excluding carboxylic acids is 13. The minimum atomic E-state index is -1.73. The van der Waals surface area contributed by atoms with Crippen LogP contribution in [0.1, 0.15) is 131 Å². The van der Waals surface area contributed by atoms with Crippen LogP contribution >= 0.6 is 0 Å². The summed E-state index contributed by atoms with van der Waals surface area (Å²) in [5, 5.41) is 22.7. The molecular formula is C71H112N16O16. The maximum absolute atomic E-state index is 15.3. The zero-order chi connectivity index (χ0) is 77.7. The smallest absolute Gasteiger partial charge is 0.326 e. The predicted octanol–water partition coefficient (Wildman–Crippen LogP) is -0.627. The molecular weight excluding hydrogens is 1330 g/mol. The Morgan fingerprint density at radius 2 is 1.07 bits per heavy atom. The molecule has 2 aromatic carbocycles. The van der Waals surface area contributed by atoms with Gasteiger partial charge in [0.05, 0.1) is 12.8 Å². The lowest BCUT2D eigenvalue weighted by Gasteiger charge is -2.42. The van der Waals surface area contributed by atoms with Gasteiger partial charge in [-0.05, 0) is 66.9 Å². The third-order valence-corrected chi connectivity index (χ3v) is 18.6. The number of hydrogen-bond donors (Lipinski definition) is 10. The summed E-state index contributed by atoms with van der Waals surface area (Å²) >= 11 is 0. The van der Waals surface area contributed by atoms with Crippen LogP contribution in [-0.2, 0) is 84.7 Å². The molecule has 0 aliphatic carbocycles. The van der Waals surface area contributed by atoms with Crippen molar-refractivity contribution in [1.29, 1.82) is 0 Å². The van der Waals surface area contributed by atoms with Crippen LogP contribution in [0.3, 0.4) is 0 Å². The largest absolute Gasteiger partial charge is 0.480 e. The summed E-state index contributed by atoms with van der Waals surface area (Å²) in [6.07, 6.45) is -0.353. The first-order valence-electron chi connectivity index (χ1n) is 35.0.